The van der Waals surface area contributed by atoms with Gasteiger partial charge < -0.3 is 37.4 Å². The molecule has 0 atom stereocenters. The smallest absolute Gasteiger partial charge is 0.361 e. The number of aromatic nitrogens is 1. The van der Waals surface area contributed by atoms with Crippen molar-refractivity contribution in [1.82, 2.24) is 4.57 Å². The van der Waals surface area contributed by atoms with Gasteiger partial charge in [-0.15, -0.1) is 0 Å². The number of aldehydes is 1. The average molecular weight is 628 g/mol. The van der Waals surface area contributed by atoms with Crippen molar-refractivity contribution in [3.05, 3.63) is 57.9 Å². The van der Waals surface area contributed by atoms with Crippen LogP contribution in [-0.4, -0.2) is 52.5 Å². The quantitative estimate of drug-likeness (QED) is 0.106. The number of carbonyl (C=O) groups excluding carboxylic acids is 1. The van der Waals surface area contributed by atoms with Crippen LogP contribution in [0, 0.1) is 0 Å². The van der Waals surface area contributed by atoms with E-state index in [1.165, 1.54) is 14.2 Å². The predicted octanol–water partition coefficient (Wildman–Crippen LogP) is 7.06. The molecule has 10 heteroatoms. The molecule has 3 aromatic carbocycles. The molecule has 0 radical (unpaired) electrons. The summed E-state index contributed by atoms with van der Waals surface area (Å²) in [6.45, 7) is 5.50. The van der Waals surface area contributed by atoms with Crippen molar-refractivity contribution < 1.29 is 37.6 Å². The molecule has 0 aliphatic carbocycles. The Morgan fingerprint density at radius 1 is 0.826 bits per heavy atom. The van der Waals surface area contributed by atoms with Gasteiger partial charge in [0.1, 0.15) is 11.1 Å². The molecule has 2 aromatic heterocycles. The Kier molecular flexibility index (Phi) is 8.53. The Hall–Kier alpha value is -5.12. The molecule has 1 aliphatic rings. The summed E-state index contributed by atoms with van der Waals surface area (Å²) < 4.78 is 42.7. The van der Waals surface area contributed by atoms with Gasteiger partial charge in [0.05, 0.1) is 52.9 Å². The highest BCUT2D eigenvalue weighted by atomic mass is 16.5. The Morgan fingerprint density at radius 3 is 2.17 bits per heavy atom. The minimum atomic E-state index is -0.490. The number of hydrogen-bond acceptors (Lipinski definition) is 9. The summed E-state index contributed by atoms with van der Waals surface area (Å²) in [5, 5.41) is 1.36. The summed E-state index contributed by atoms with van der Waals surface area (Å²) >= 11 is 0. The van der Waals surface area contributed by atoms with Crippen molar-refractivity contribution in [1.29, 1.82) is 0 Å². The fourth-order valence-corrected chi connectivity index (χ4v) is 6.38. The van der Waals surface area contributed by atoms with E-state index in [-0.39, 0.29) is 0 Å². The third-order valence-corrected chi connectivity index (χ3v) is 8.35. The Bertz CT molecular complexity index is 2020. The maximum Gasteiger partial charge on any atom is 0.361 e. The van der Waals surface area contributed by atoms with E-state index in [4.69, 9.17) is 32.8 Å². The molecule has 0 saturated heterocycles. The molecule has 0 amide bonds. The van der Waals surface area contributed by atoms with Crippen LogP contribution in [-0.2, 0) is 13.0 Å². The first-order chi connectivity index (χ1) is 22.4. The maximum atomic E-state index is 13.9. The number of aryl methyl sites for hydroxylation is 1. The molecule has 240 valence electrons. The van der Waals surface area contributed by atoms with Gasteiger partial charge in [0.2, 0.25) is 0 Å². The number of carbonyl (C=O) groups is 1. The first-order valence-corrected chi connectivity index (χ1v) is 15.3. The summed E-state index contributed by atoms with van der Waals surface area (Å²) in [6, 6.07) is 11.2. The Balaban J connectivity index is 1.78. The Labute approximate surface area is 266 Å². The lowest BCUT2D eigenvalue weighted by atomic mass is 9.89. The monoisotopic (exact) mass is 627 g/mol. The van der Waals surface area contributed by atoms with Gasteiger partial charge in [-0.2, -0.15) is 0 Å². The van der Waals surface area contributed by atoms with Crippen LogP contribution in [0.5, 0.6) is 34.5 Å². The lowest BCUT2D eigenvalue weighted by Gasteiger charge is -2.25. The van der Waals surface area contributed by atoms with Gasteiger partial charge in [-0.1, -0.05) is 19.9 Å². The number of rotatable bonds is 12. The molecule has 3 heterocycles. The summed E-state index contributed by atoms with van der Waals surface area (Å²) in [5.74, 6) is 2.95. The van der Waals surface area contributed by atoms with Crippen molar-refractivity contribution in [2.75, 3.05) is 41.7 Å². The van der Waals surface area contributed by atoms with Crippen molar-refractivity contribution in [3.63, 3.8) is 0 Å². The van der Waals surface area contributed by atoms with Gasteiger partial charge in [0.15, 0.2) is 40.8 Å². The SMILES string of the molecule is CCCOc1ccc(-c2c3n(c4c(=O)oc5cc(OCCC)c(OC)cc5c24)CCc2c-3cc(OC)c(OC)c2C=O)cc1OC. The van der Waals surface area contributed by atoms with Crippen LogP contribution < -0.4 is 34.0 Å². The van der Waals surface area contributed by atoms with Crippen LogP contribution in [0.15, 0.2) is 45.6 Å². The van der Waals surface area contributed by atoms with E-state index in [1.54, 1.807) is 20.3 Å². The topological polar surface area (TPSA) is 108 Å². The molecule has 0 saturated carbocycles. The molecule has 0 N–H and O–H groups in total. The van der Waals surface area contributed by atoms with E-state index in [0.717, 1.165) is 47.1 Å². The highest BCUT2D eigenvalue weighted by molar-refractivity contribution is 6.17. The second kappa shape index (κ2) is 12.7. The zero-order chi connectivity index (χ0) is 32.5. The van der Waals surface area contributed by atoms with Gasteiger partial charge in [0.25, 0.3) is 0 Å². The molecule has 6 rings (SSSR count). The number of ether oxygens (including phenoxy) is 6. The number of fused-ring (bicyclic) bond motifs is 7. The van der Waals surface area contributed by atoms with Gasteiger partial charge in [-0.25, -0.2) is 4.79 Å². The molecule has 0 fully saturated rings. The number of benzene rings is 3. The highest BCUT2D eigenvalue weighted by Crippen LogP contribution is 2.51. The van der Waals surface area contributed by atoms with Gasteiger partial charge in [-0.05, 0) is 54.7 Å². The van der Waals surface area contributed by atoms with E-state index in [2.05, 4.69) is 0 Å². The van der Waals surface area contributed by atoms with E-state index in [0.29, 0.717) is 88.1 Å². The molecule has 5 aromatic rings. The summed E-state index contributed by atoms with van der Waals surface area (Å²) in [6.07, 6.45) is 2.93. The van der Waals surface area contributed by atoms with E-state index < -0.39 is 5.63 Å². The van der Waals surface area contributed by atoms with Crippen LogP contribution in [0.4, 0.5) is 0 Å². The minimum absolute atomic E-state index is 0.365. The predicted molar refractivity (Wildman–Crippen MR) is 176 cm³/mol. The van der Waals surface area contributed by atoms with E-state index >= 15 is 0 Å². The third kappa shape index (κ3) is 4.88. The van der Waals surface area contributed by atoms with Crippen molar-refractivity contribution in [3.8, 4) is 56.9 Å². The van der Waals surface area contributed by atoms with Gasteiger partial charge in [0, 0.05) is 34.5 Å². The summed E-state index contributed by atoms with van der Waals surface area (Å²) in [4.78, 5) is 26.5. The maximum absolute atomic E-state index is 13.9. The molecule has 0 unspecified atom stereocenters. The van der Waals surface area contributed by atoms with E-state index in [1.807, 2.05) is 48.7 Å². The third-order valence-electron chi connectivity index (χ3n) is 8.35. The minimum Gasteiger partial charge on any atom is -0.493 e. The average Bonchev–Trinajstić information content (AvgIpc) is 3.44. The van der Waals surface area contributed by atoms with Crippen molar-refractivity contribution in [2.45, 2.75) is 39.7 Å². The van der Waals surface area contributed by atoms with Crippen LogP contribution in [0.25, 0.3) is 44.3 Å². The molecular formula is C36H37NO9. The number of hydrogen-bond donors (Lipinski definition) is 0. The molecule has 0 bridgehead atoms. The standard InChI is InChI=1S/C36H37NO9/c1-7-13-44-25-10-9-20(15-27(25)40-3)31-32-23-17-28(41-4)29(45-14-8-2)18-26(23)46-36(39)34(32)37-12-11-21-22(33(31)37)16-30(42-5)35(43-6)24(21)19-38/h9-10,15-19H,7-8,11-14H2,1-6H3. The highest BCUT2D eigenvalue weighted by Gasteiger charge is 2.33. The summed E-state index contributed by atoms with van der Waals surface area (Å²) in [5.41, 5.74) is 4.55. The van der Waals surface area contributed by atoms with Crippen molar-refractivity contribution in [2.24, 2.45) is 0 Å². The zero-order valence-corrected chi connectivity index (χ0v) is 26.9. The van der Waals surface area contributed by atoms with Crippen LogP contribution in [0.2, 0.25) is 0 Å². The fourth-order valence-electron chi connectivity index (χ4n) is 6.38. The summed E-state index contributed by atoms with van der Waals surface area (Å²) in [7, 11) is 6.23. The first-order valence-electron chi connectivity index (χ1n) is 15.3. The lowest BCUT2D eigenvalue weighted by Crippen LogP contribution is -2.16. The fraction of sp³-hybridized carbons (Fsp3) is 0.333. The zero-order valence-electron chi connectivity index (χ0n) is 26.9. The number of methoxy groups -OCH3 is 4. The van der Waals surface area contributed by atoms with Crippen molar-refractivity contribution >= 4 is 28.2 Å². The molecule has 46 heavy (non-hydrogen) atoms. The molecule has 1 aliphatic heterocycles. The van der Waals surface area contributed by atoms with Gasteiger partial charge in [-0.3, -0.25) is 4.79 Å². The first kappa shape index (κ1) is 30.9. The second-order valence-corrected chi connectivity index (χ2v) is 11.0. The van der Waals surface area contributed by atoms with Crippen LogP contribution >= 0.6 is 0 Å². The van der Waals surface area contributed by atoms with Crippen LogP contribution in [0.1, 0.15) is 42.6 Å². The largest absolute Gasteiger partial charge is 0.493 e. The Morgan fingerprint density at radius 2 is 1.52 bits per heavy atom. The molecular weight excluding hydrogens is 590 g/mol. The molecule has 0 spiro atoms. The second-order valence-electron chi connectivity index (χ2n) is 11.0. The molecule has 10 nitrogen and oxygen atoms in total. The van der Waals surface area contributed by atoms with Crippen LogP contribution in [0.3, 0.4) is 0 Å². The van der Waals surface area contributed by atoms with E-state index in [9.17, 15) is 9.59 Å². The normalized spacial score (nSPS) is 12.0. The number of nitrogens with zero attached hydrogens (tertiary/aromatic N) is 1. The lowest BCUT2D eigenvalue weighted by molar-refractivity contribution is 0.111. The van der Waals surface area contributed by atoms with Gasteiger partial charge >= 0.3 is 5.63 Å².